The second kappa shape index (κ2) is 6.78. The number of hydrogen-bond acceptors (Lipinski definition) is 5. The van der Waals surface area contributed by atoms with E-state index < -0.39 is 0 Å². The van der Waals surface area contributed by atoms with Crippen molar-refractivity contribution in [1.82, 2.24) is 19.8 Å². The summed E-state index contributed by atoms with van der Waals surface area (Å²) in [5, 5.41) is 0. The summed E-state index contributed by atoms with van der Waals surface area (Å²) in [5.41, 5.74) is 3.05. The molecule has 2 aromatic heterocycles. The van der Waals surface area contributed by atoms with E-state index in [0.717, 1.165) is 43.1 Å². The van der Waals surface area contributed by atoms with Gasteiger partial charge in [-0.2, -0.15) is 0 Å². The Balaban J connectivity index is 1.51. The predicted octanol–water partition coefficient (Wildman–Crippen LogP) is 1.71. The molecule has 4 rings (SSSR count). The van der Waals surface area contributed by atoms with Gasteiger partial charge in [-0.15, -0.1) is 0 Å². The number of aryl methyl sites for hydroxylation is 1. The highest BCUT2D eigenvalue weighted by Gasteiger charge is 2.47. The molecule has 2 aliphatic heterocycles. The molecular formula is C20H25N5O. The molecule has 4 heterocycles. The van der Waals surface area contributed by atoms with Gasteiger partial charge in [-0.05, 0) is 44.7 Å². The summed E-state index contributed by atoms with van der Waals surface area (Å²) in [6.07, 6.45) is 4.58. The van der Waals surface area contributed by atoms with E-state index in [2.05, 4.69) is 38.9 Å². The minimum atomic E-state index is -0.00637. The van der Waals surface area contributed by atoms with Crippen molar-refractivity contribution in [3.8, 4) is 0 Å². The Morgan fingerprint density at radius 2 is 2.08 bits per heavy atom. The van der Waals surface area contributed by atoms with Crippen molar-refractivity contribution in [1.29, 1.82) is 0 Å². The fourth-order valence-corrected chi connectivity index (χ4v) is 4.14. The zero-order valence-electron chi connectivity index (χ0n) is 15.4. The Morgan fingerprint density at radius 3 is 2.85 bits per heavy atom. The van der Waals surface area contributed by atoms with Crippen LogP contribution in [0.15, 0.2) is 42.7 Å². The number of hydrogen-bond donors (Lipinski definition) is 0. The van der Waals surface area contributed by atoms with Gasteiger partial charge in [-0.25, -0.2) is 0 Å². The van der Waals surface area contributed by atoms with Crippen molar-refractivity contribution >= 4 is 11.6 Å². The summed E-state index contributed by atoms with van der Waals surface area (Å²) < 4.78 is 0. The number of nitrogens with zero attached hydrogens (tertiary/aromatic N) is 5. The normalized spacial score (nSPS) is 24.5. The van der Waals surface area contributed by atoms with Gasteiger partial charge in [0.1, 0.15) is 0 Å². The van der Waals surface area contributed by atoms with E-state index >= 15 is 0 Å². The van der Waals surface area contributed by atoms with Gasteiger partial charge in [0.25, 0.3) is 0 Å². The first-order chi connectivity index (χ1) is 12.6. The molecule has 0 aromatic carbocycles. The van der Waals surface area contributed by atoms with Crippen LogP contribution in [0.4, 0.5) is 5.69 Å². The summed E-state index contributed by atoms with van der Waals surface area (Å²) in [7, 11) is 2.08. The summed E-state index contributed by atoms with van der Waals surface area (Å²) in [4.78, 5) is 28.0. The third-order valence-corrected chi connectivity index (χ3v) is 5.64. The molecule has 0 aliphatic carbocycles. The number of pyridine rings is 2. The van der Waals surface area contributed by atoms with Crippen LogP contribution < -0.4 is 4.90 Å². The number of likely N-dealkylation sites (tertiary alicyclic amines) is 1. The molecule has 2 aliphatic rings. The third kappa shape index (κ3) is 3.22. The van der Waals surface area contributed by atoms with Crippen LogP contribution in [0.1, 0.15) is 17.8 Å². The molecule has 2 fully saturated rings. The van der Waals surface area contributed by atoms with Gasteiger partial charge >= 0.3 is 0 Å². The first-order valence-corrected chi connectivity index (χ1v) is 9.12. The molecule has 0 N–H and O–H groups in total. The quantitative estimate of drug-likeness (QED) is 0.843. The highest BCUT2D eigenvalue weighted by molar-refractivity contribution is 5.95. The highest BCUT2D eigenvalue weighted by atomic mass is 16.2. The second-order valence-corrected chi connectivity index (χ2v) is 7.50. The molecule has 1 spiro atoms. The van der Waals surface area contributed by atoms with Gasteiger partial charge in [-0.3, -0.25) is 24.6 Å². The van der Waals surface area contributed by atoms with Crippen LogP contribution in [-0.4, -0.2) is 64.4 Å². The van der Waals surface area contributed by atoms with Crippen LogP contribution in [0, 0.1) is 6.92 Å². The Bertz CT molecular complexity index is 796. The van der Waals surface area contributed by atoms with E-state index in [0.29, 0.717) is 13.1 Å². The second-order valence-electron chi connectivity index (χ2n) is 7.50. The lowest BCUT2D eigenvalue weighted by molar-refractivity contribution is -0.123. The number of carbonyl (C=O) groups excluding carboxylic acids is 1. The molecule has 6 heteroatoms. The molecular weight excluding hydrogens is 326 g/mol. The Kier molecular flexibility index (Phi) is 4.46. The largest absolute Gasteiger partial charge is 0.308 e. The molecule has 26 heavy (non-hydrogen) atoms. The zero-order valence-corrected chi connectivity index (χ0v) is 15.4. The number of aromatic nitrogens is 2. The highest BCUT2D eigenvalue weighted by Crippen LogP contribution is 2.33. The van der Waals surface area contributed by atoms with E-state index in [1.54, 1.807) is 12.4 Å². The summed E-state index contributed by atoms with van der Waals surface area (Å²) in [5.74, 6) is 0.143. The number of likely N-dealkylation sites (N-methyl/N-ethyl adjacent to an activating group) is 1. The Morgan fingerprint density at radius 1 is 1.19 bits per heavy atom. The lowest BCUT2D eigenvalue weighted by atomic mass is 9.92. The topological polar surface area (TPSA) is 52.6 Å². The van der Waals surface area contributed by atoms with Crippen LogP contribution in [0.25, 0.3) is 0 Å². The van der Waals surface area contributed by atoms with Gasteiger partial charge in [0, 0.05) is 38.1 Å². The maximum Gasteiger partial charge on any atom is 0.241 e. The molecule has 136 valence electrons. The first kappa shape index (κ1) is 17.1. The molecule has 1 atom stereocenters. The van der Waals surface area contributed by atoms with Gasteiger partial charge in [0.15, 0.2) is 0 Å². The fourth-order valence-electron chi connectivity index (χ4n) is 4.14. The molecule has 2 saturated heterocycles. The average molecular weight is 351 g/mol. The van der Waals surface area contributed by atoms with E-state index in [-0.39, 0.29) is 11.4 Å². The Labute approximate surface area is 154 Å². The van der Waals surface area contributed by atoms with Crippen molar-refractivity contribution in [2.24, 2.45) is 0 Å². The van der Waals surface area contributed by atoms with Crippen molar-refractivity contribution in [3.05, 3.63) is 54.1 Å². The van der Waals surface area contributed by atoms with Gasteiger partial charge in [0.05, 0.1) is 29.7 Å². The first-order valence-electron chi connectivity index (χ1n) is 9.12. The number of rotatable bonds is 3. The van der Waals surface area contributed by atoms with Gasteiger partial charge in [0.2, 0.25) is 5.91 Å². The zero-order chi connectivity index (χ0) is 18.1. The van der Waals surface area contributed by atoms with E-state index in [4.69, 9.17) is 0 Å². The molecule has 2 aromatic rings. The van der Waals surface area contributed by atoms with Crippen LogP contribution in [-0.2, 0) is 11.3 Å². The summed E-state index contributed by atoms with van der Waals surface area (Å²) in [6.45, 7) is 6.02. The molecule has 1 unspecified atom stereocenters. The van der Waals surface area contributed by atoms with E-state index in [9.17, 15) is 4.79 Å². The van der Waals surface area contributed by atoms with Crippen molar-refractivity contribution in [2.75, 3.05) is 38.1 Å². The van der Waals surface area contributed by atoms with Crippen molar-refractivity contribution < 1.29 is 4.79 Å². The van der Waals surface area contributed by atoms with Crippen LogP contribution in [0.5, 0.6) is 0 Å². The molecule has 6 nitrogen and oxygen atoms in total. The van der Waals surface area contributed by atoms with E-state index in [1.807, 2.05) is 30.0 Å². The molecule has 0 saturated carbocycles. The number of piperazine rings is 1. The summed E-state index contributed by atoms with van der Waals surface area (Å²) >= 11 is 0. The van der Waals surface area contributed by atoms with Crippen LogP contribution in [0.2, 0.25) is 0 Å². The monoisotopic (exact) mass is 351 g/mol. The van der Waals surface area contributed by atoms with Crippen LogP contribution in [0.3, 0.4) is 0 Å². The minimum Gasteiger partial charge on any atom is -0.308 e. The molecule has 0 radical (unpaired) electrons. The SMILES string of the molecule is Cc1cccc(CN2CCC3(C2)CN(c2cccnc2)C(=O)CN3C)n1. The molecule has 0 bridgehead atoms. The lowest BCUT2D eigenvalue weighted by Crippen LogP contribution is -2.64. The van der Waals surface area contributed by atoms with Gasteiger partial charge in [-0.1, -0.05) is 6.07 Å². The standard InChI is InChI=1S/C20H25N5O/c1-16-5-3-6-17(22-16)12-24-10-8-20(14-24)15-25(19(26)13-23(20)2)18-7-4-9-21-11-18/h3-7,9,11H,8,10,12-15H2,1-2H3. The number of amides is 1. The summed E-state index contributed by atoms with van der Waals surface area (Å²) in [6, 6.07) is 10.0. The van der Waals surface area contributed by atoms with Crippen LogP contribution >= 0.6 is 0 Å². The third-order valence-electron chi connectivity index (χ3n) is 5.64. The van der Waals surface area contributed by atoms with Crippen molar-refractivity contribution in [2.45, 2.75) is 25.4 Å². The fraction of sp³-hybridized carbons (Fsp3) is 0.450. The molecule has 1 amide bonds. The minimum absolute atomic E-state index is 0.00637. The maximum absolute atomic E-state index is 12.6. The number of anilines is 1. The lowest BCUT2D eigenvalue weighted by Gasteiger charge is -2.46. The maximum atomic E-state index is 12.6. The van der Waals surface area contributed by atoms with Gasteiger partial charge < -0.3 is 4.90 Å². The predicted molar refractivity (Wildman–Crippen MR) is 101 cm³/mol. The Hall–Kier alpha value is -2.31. The average Bonchev–Trinajstić information content (AvgIpc) is 3.03. The smallest absolute Gasteiger partial charge is 0.241 e. The van der Waals surface area contributed by atoms with Crippen molar-refractivity contribution in [3.63, 3.8) is 0 Å². The number of carbonyl (C=O) groups is 1. The van der Waals surface area contributed by atoms with E-state index in [1.165, 1.54) is 0 Å².